The lowest BCUT2D eigenvalue weighted by Gasteiger charge is -2.39. The van der Waals surface area contributed by atoms with Crippen LogP contribution >= 0.6 is 0 Å². The summed E-state index contributed by atoms with van der Waals surface area (Å²) in [6.45, 7) is 6.97. The number of hydrogen-bond acceptors (Lipinski definition) is 6. The molecule has 0 aromatic heterocycles. The third-order valence-corrected chi connectivity index (χ3v) is 8.85. The highest BCUT2D eigenvalue weighted by Gasteiger charge is 2.51. The molecule has 6 N–H and O–H groups in total. The van der Waals surface area contributed by atoms with E-state index in [0.29, 0.717) is 57.3 Å². The van der Waals surface area contributed by atoms with E-state index in [4.69, 9.17) is 5.73 Å². The molecule has 1 aliphatic carbocycles. The number of carbonyl (C=O) groups is 6. The number of benzene rings is 1. The van der Waals surface area contributed by atoms with E-state index in [2.05, 4.69) is 28.2 Å². The molecule has 2 fully saturated rings. The van der Waals surface area contributed by atoms with E-state index in [1.807, 2.05) is 38.1 Å². The van der Waals surface area contributed by atoms with Gasteiger partial charge in [-0.15, -0.1) is 0 Å². The Morgan fingerprint density at radius 2 is 1.64 bits per heavy atom. The zero-order valence-electron chi connectivity index (χ0n) is 26.9. The van der Waals surface area contributed by atoms with Crippen LogP contribution < -0.4 is 27.0 Å². The minimum Gasteiger partial charge on any atom is -0.355 e. The van der Waals surface area contributed by atoms with Crippen LogP contribution in [0.25, 0.3) is 0 Å². The minimum absolute atomic E-state index is 0.0951. The molecule has 7 amide bonds. The van der Waals surface area contributed by atoms with Crippen molar-refractivity contribution in [2.24, 2.45) is 23.0 Å². The van der Waals surface area contributed by atoms with Crippen molar-refractivity contribution in [3.63, 3.8) is 0 Å². The van der Waals surface area contributed by atoms with Crippen LogP contribution in [0.1, 0.15) is 90.5 Å². The highest BCUT2D eigenvalue weighted by atomic mass is 16.2. The topological polar surface area (TPSA) is 180 Å². The van der Waals surface area contributed by atoms with Gasteiger partial charge in [0.1, 0.15) is 11.5 Å². The van der Waals surface area contributed by atoms with E-state index in [-0.39, 0.29) is 48.9 Å². The Kier molecular flexibility index (Phi) is 13.4. The molecule has 12 nitrogen and oxygen atoms in total. The van der Waals surface area contributed by atoms with Gasteiger partial charge in [-0.3, -0.25) is 28.9 Å². The standard InChI is InChI=1S/C33H50N6O6/c1-4-10-23-12-14-24(15-13-23)37-28(41)26(11-8-19-36-32(34)45)38-31(44)33(16-9-17-33)30(43)35-18-6-5-7-20-39-27(40)21-25(22(2)3)29(39)42/h12-15,22,25-26H,4-11,16-21H2,1-3H3,(H,35,43)(H,37,41)(H,38,44)(H3,34,36,45)/t25?,26-/m0/s1. The van der Waals surface area contributed by atoms with Crippen LogP contribution in [0.2, 0.25) is 0 Å². The number of imide groups is 1. The first-order valence-electron chi connectivity index (χ1n) is 16.3. The summed E-state index contributed by atoms with van der Waals surface area (Å²) in [6.07, 6.45) is 6.34. The average molecular weight is 627 g/mol. The molecule has 1 aromatic rings. The number of aryl methyl sites for hydroxylation is 1. The lowest BCUT2D eigenvalue weighted by Crippen LogP contribution is -2.58. The van der Waals surface area contributed by atoms with Crippen molar-refractivity contribution in [1.82, 2.24) is 20.9 Å². The summed E-state index contributed by atoms with van der Waals surface area (Å²) in [5, 5.41) is 11.1. The number of nitrogens with one attached hydrogen (secondary N) is 4. The minimum atomic E-state index is -1.24. The van der Waals surface area contributed by atoms with Crippen molar-refractivity contribution in [3.05, 3.63) is 29.8 Å². The van der Waals surface area contributed by atoms with Crippen molar-refractivity contribution in [1.29, 1.82) is 0 Å². The first-order valence-corrected chi connectivity index (χ1v) is 16.3. The second-order valence-electron chi connectivity index (χ2n) is 12.6. The molecule has 0 bridgehead atoms. The monoisotopic (exact) mass is 626 g/mol. The molecule has 1 heterocycles. The Hall–Kier alpha value is -3.96. The maximum atomic E-state index is 13.5. The second kappa shape index (κ2) is 16.9. The van der Waals surface area contributed by atoms with Gasteiger partial charge < -0.3 is 27.0 Å². The van der Waals surface area contributed by atoms with Gasteiger partial charge in [-0.25, -0.2) is 4.79 Å². The number of hydrogen-bond donors (Lipinski definition) is 5. The molecule has 1 saturated carbocycles. The number of nitrogens with zero attached hydrogens (tertiary/aromatic N) is 1. The van der Waals surface area contributed by atoms with E-state index >= 15 is 0 Å². The highest BCUT2D eigenvalue weighted by molar-refractivity contribution is 6.08. The van der Waals surface area contributed by atoms with Gasteiger partial charge in [-0.1, -0.05) is 45.7 Å². The molecule has 0 spiro atoms. The molecular formula is C33H50N6O6. The van der Waals surface area contributed by atoms with E-state index < -0.39 is 29.3 Å². The Balaban J connectivity index is 1.51. The predicted molar refractivity (Wildman–Crippen MR) is 171 cm³/mol. The lowest BCUT2D eigenvalue weighted by molar-refractivity contribution is -0.151. The van der Waals surface area contributed by atoms with E-state index in [1.54, 1.807) is 0 Å². The van der Waals surface area contributed by atoms with Gasteiger partial charge >= 0.3 is 6.03 Å². The first-order chi connectivity index (χ1) is 21.5. The summed E-state index contributed by atoms with van der Waals surface area (Å²) in [5.41, 5.74) is 5.67. The van der Waals surface area contributed by atoms with E-state index in [9.17, 15) is 28.8 Å². The molecule has 3 rings (SSSR count). The molecule has 2 atom stereocenters. The molecule has 0 radical (unpaired) electrons. The van der Waals surface area contributed by atoms with Crippen LogP contribution in [-0.2, 0) is 30.4 Å². The molecule has 1 unspecified atom stereocenters. The van der Waals surface area contributed by atoms with Gasteiger partial charge in [0.15, 0.2) is 0 Å². The Morgan fingerprint density at radius 1 is 0.956 bits per heavy atom. The fourth-order valence-electron chi connectivity index (χ4n) is 5.85. The van der Waals surface area contributed by atoms with Gasteiger partial charge in [0.25, 0.3) is 0 Å². The first kappa shape index (κ1) is 35.5. The van der Waals surface area contributed by atoms with Crippen molar-refractivity contribution in [2.75, 3.05) is 25.0 Å². The number of nitrogens with two attached hydrogens (primary N) is 1. The summed E-state index contributed by atoms with van der Waals surface area (Å²) in [6, 6.07) is 5.95. The van der Waals surface area contributed by atoms with Crippen molar-refractivity contribution >= 4 is 41.3 Å². The molecule has 45 heavy (non-hydrogen) atoms. The predicted octanol–water partition coefficient (Wildman–Crippen LogP) is 3.00. The van der Waals surface area contributed by atoms with Crippen LogP contribution in [-0.4, -0.2) is 66.1 Å². The third kappa shape index (κ3) is 9.76. The van der Waals surface area contributed by atoms with Crippen LogP contribution in [0, 0.1) is 17.3 Å². The molecule has 1 aromatic carbocycles. The Bertz CT molecular complexity index is 1210. The number of urea groups is 1. The molecule has 1 saturated heterocycles. The number of anilines is 1. The lowest BCUT2D eigenvalue weighted by atomic mass is 9.67. The summed E-state index contributed by atoms with van der Waals surface area (Å²) in [7, 11) is 0. The molecule has 1 aliphatic heterocycles. The quantitative estimate of drug-likeness (QED) is 0.0949. The zero-order chi connectivity index (χ0) is 33.0. The Labute approximate surface area is 266 Å². The molecule has 2 aliphatic rings. The number of likely N-dealkylation sites (tertiary alicyclic amines) is 1. The number of rotatable bonds is 18. The van der Waals surface area contributed by atoms with Gasteiger partial charge in [0, 0.05) is 37.7 Å². The van der Waals surface area contributed by atoms with Gasteiger partial charge in [-0.05, 0) is 75.0 Å². The Morgan fingerprint density at radius 3 is 2.22 bits per heavy atom. The maximum absolute atomic E-state index is 13.5. The number of carbonyl (C=O) groups excluding carboxylic acids is 6. The number of amides is 7. The molecule has 248 valence electrons. The normalized spacial score (nSPS) is 17.9. The summed E-state index contributed by atoms with van der Waals surface area (Å²) < 4.78 is 0. The van der Waals surface area contributed by atoms with Crippen LogP contribution in [0.5, 0.6) is 0 Å². The van der Waals surface area contributed by atoms with Crippen LogP contribution in [0.4, 0.5) is 10.5 Å². The van der Waals surface area contributed by atoms with Crippen LogP contribution in [0.15, 0.2) is 24.3 Å². The fraction of sp³-hybridized carbons (Fsp3) is 0.636. The second-order valence-corrected chi connectivity index (χ2v) is 12.6. The molecule has 12 heteroatoms. The molecular weight excluding hydrogens is 576 g/mol. The van der Waals surface area contributed by atoms with Crippen molar-refractivity contribution < 1.29 is 28.8 Å². The fourth-order valence-corrected chi connectivity index (χ4v) is 5.85. The van der Waals surface area contributed by atoms with E-state index in [0.717, 1.165) is 24.8 Å². The van der Waals surface area contributed by atoms with Crippen molar-refractivity contribution in [2.45, 2.75) is 97.4 Å². The summed E-state index contributed by atoms with van der Waals surface area (Å²) >= 11 is 0. The third-order valence-electron chi connectivity index (χ3n) is 8.85. The van der Waals surface area contributed by atoms with Gasteiger partial charge in [-0.2, -0.15) is 0 Å². The summed E-state index contributed by atoms with van der Waals surface area (Å²) in [4.78, 5) is 77.2. The SMILES string of the molecule is CCCc1ccc(NC(=O)[C@H](CCCNC(N)=O)NC(=O)C2(C(=O)NCCCCCN3C(=O)CC(C(C)C)C3=O)CCC2)cc1. The van der Waals surface area contributed by atoms with Gasteiger partial charge in [0.2, 0.25) is 29.5 Å². The van der Waals surface area contributed by atoms with E-state index in [1.165, 1.54) is 4.90 Å². The van der Waals surface area contributed by atoms with Crippen molar-refractivity contribution in [3.8, 4) is 0 Å². The van der Waals surface area contributed by atoms with Gasteiger partial charge in [0.05, 0.1) is 0 Å². The number of primary amides is 1. The smallest absolute Gasteiger partial charge is 0.312 e. The summed E-state index contributed by atoms with van der Waals surface area (Å²) in [5.74, 6) is -1.58. The maximum Gasteiger partial charge on any atom is 0.312 e. The zero-order valence-corrected chi connectivity index (χ0v) is 26.9. The highest BCUT2D eigenvalue weighted by Crippen LogP contribution is 2.41. The van der Waals surface area contributed by atoms with Crippen LogP contribution in [0.3, 0.4) is 0 Å². The largest absolute Gasteiger partial charge is 0.355 e. The average Bonchev–Trinajstić information content (AvgIpc) is 3.25. The number of unbranched alkanes of at least 4 members (excludes halogenated alkanes) is 2.